The molecule has 1 heterocycles. The van der Waals surface area contributed by atoms with E-state index in [-0.39, 0.29) is 12.5 Å². The average molecular weight is 300 g/mol. The van der Waals surface area contributed by atoms with Crippen LogP contribution >= 0.6 is 0 Å². The van der Waals surface area contributed by atoms with Crippen molar-refractivity contribution < 1.29 is 22.3 Å². The summed E-state index contributed by atoms with van der Waals surface area (Å²) in [7, 11) is 0. The number of rotatable bonds is 4. The number of nitrogens with zero attached hydrogens (tertiary/aromatic N) is 2. The van der Waals surface area contributed by atoms with Gasteiger partial charge < -0.3 is 9.15 Å². The van der Waals surface area contributed by atoms with Crippen LogP contribution in [0.5, 0.6) is 5.75 Å². The van der Waals surface area contributed by atoms with Crippen LogP contribution in [0.3, 0.4) is 0 Å². The quantitative estimate of drug-likeness (QED) is 0.859. The van der Waals surface area contributed by atoms with Crippen molar-refractivity contribution in [2.24, 2.45) is 0 Å². The zero-order valence-electron chi connectivity index (χ0n) is 11.9. The van der Waals surface area contributed by atoms with Crippen LogP contribution in [0.1, 0.15) is 35.7 Å². The molecule has 2 rings (SSSR count). The number of benzene rings is 1. The Bertz CT molecular complexity index is 603. The lowest BCUT2D eigenvalue weighted by Crippen LogP contribution is -2.09. The van der Waals surface area contributed by atoms with E-state index in [4.69, 9.17) is 4.74 Å². The molecule has 114 valence electrons. The molecule has 0 aliphatic carbocycles. The van der Waals surface area contributed by atoms with Crippen LogP contribution in [0.25, 0.3) is 0 Å². The summed E-state index contributed by atoms with van der Waals surface area (Å²) < 4.78 is 47.5. The van der Waals surface area contributed by atoms with Crippen LogP contribution in [0.2, 0.25) is 0 Å². The molecule has 7 heteroatoms. The lowest BCUT2D eigenvalue weighted by Gasteiger charge is -2.14. The molecule has 0 bridgehead atoms. The van der Waals surface area contributed by atoms with Crippen LogP contribution in [0, 0.1) is 13.8 Å². The number of aryl methyl sites for hydroxylation is 2. The first-order chi connectivity index (χ1) is 9.79. The largest absolute Gasteiger partial charge is 0.492 e. The molecular weight excluding hydrogens is 285 g/mol. The Kier molecular flexibility index (Phi) is 4.20. The van der Waals surface area contributed by atoms with Crippen molar-refractivity contribution in [3.63, 3.8) is 0 Å². The molecule has 1 unspecified atom stereocenters. The number of hydrogen-bond donors (Lipinski definition) is 0. The first kappa shape index (κ1) is 15.3. The number of hydrogen-bond acceptors (Lipinski definition) is 4. The maximum atomic E-state index is 12.4. The van der Waals surface area contributed by atoms with Crippen molar-refractivity contribution in [2.75, 3.05) is 6.61 Å². The maximum Gasteiger partial charge on any atom is 0.470 e. The fourth-order valence-electron chi connectivity index (χ4n) is 1.85. The van der Waals surface area contributed by atoms with Gasteiger partial charge in [0.25, 0.3) is 0 Å². The Balaban J connectivity index is 2.05. The third kappa shape index (κ3) is 3.53. The summed E-state index contributed by atoms with van der Waals surface area (Å²) in [5.41, 5.74) is 1.92. The van der Waals surface area contributed by atoms with E-state index in [1.165, 1.54) is 0 Å². The van der Waals surface area contributed by atoms with Gasteiger partial charge >= 0.3 is 12.1 Å². The van der Waals surface area contributed by atoms with Gasteiger partial charge in [-0.2, -0.15) is 13.2 Å². The third-order valence-corrected chi connectivity index (χ3v) is 2.99. The molecule has 0 aliphatic rings. The molecule has 1 aromatic carbocycles. The van der Waals surface area contributed by atoms with E-state index in [0.29, 0.717) is 0 Å². The number of para-hydroxylation sites is 1. The molecular formula is C14H15F3N2O2. The summed E-state index contributed by atoms with van der Waals surface area (Å²) in [5, 5.41) is 6.42. The van der Waals surface area contributed by atoms with E-state index < -0.39 is 18.0 Å². The predicted molar refractivity (Wildman–Crippen MR) is 69.1 cm³/mol. The zero-order valence-corrected chi connectivity index (χ0v) is 11.9. The Hall–Kier alpha value is -2.05. The van der Waals surface area contributed by atoms with Gasteiger partial charge in [-0.3, -0.25) is 0 Å². The zero-order chi connectivity index (χ0) is 15.6. The molecule has 1 aromatic heterocycles. The number of ether oxygens (including phenoxy) is 1. The molecule has 0 amide bonds. The fraction of sp³-hybridized carbons (Fsp3) is 0.429. The molecule has 0 aliphatic heterocycles. The Morgan fingerprint density at radius 2 is 1.81 bits per heavy atom. The third-order valence-electron chi connectivity index (χ3n) is 2.99. The summed E-state index contributed by atoms with van der Waals surface area (Å²) >= 11 is 0. The number of alkyl halides is 3. The molecule has 0 saturated heterocycles. The van der Waals surface area contributed by atoms with Gasteiger partial charge in [0.1, 0.15) is 5.75 Å². The summed E-state index contributed by atoms with van der Waals surface area (Å²) in [5.74, 6) is -1.14. The normalized spacial score (nSPS) is 13.2. The second kappa shape index (κ2) is 5.75. The van der Waals surface area contributed by atoms with Crippen molar-refractivity contribution in [1.82, 2.24) is 10.2 Å². The predicted octanol–water partition coefficient (Wildman–Crippen LogP) is 3.89. The first-order valence-electron chi connectivity index (χ1n) is 6.38. The smallest absolute Gasteiger partial charge is 0.470 e. The first-order valence-corrected chi connectivity index (χ1v) is 6.38. The molecule has 0 N–H and O–H groups in total. The van der Waals surface area contributed by atoms with E-state index in [1.807, 2.05) is 32.0 Å². The molecule has 0 fully saturated rings. The van der Waals surface area contributed by atoms with Crippen LogP contribution in [-0.2, 0) is 6.18 Å². The topological polar surface area (TPSA) is 48.2 Å². The summed E-state index contributed by atoms with van der Waals surface area (Å²) in [6.07, 6.45) is -4.63. The minimum absolute atomic E-state index is 0.0893. The lowest BCUT2D eigenvalue weighted by atomic mass is 10.1. The standard InChI is InChI=1S/C14H15F3N2O2/c1-8-5-4-6-9(2)11(8)20-7-10(3)12-18-19-13(21-12)14(15,16)17/h4-6,10H,7H2,1-3H3. The Morgan fingerprint density at radius 1 is 1.19 bits per heavy atom. The number of halogens is 3. The van der Waals surface area contributed by atoms with Gasteiger partial charge in [0.15, 0.2) is 0 Å². The fourth-order valence-corrected chi connectivity index (χ4v) is 1.85. The highest BCUT2D eigenvalue weighted by atomic mass is 19.4. The van der Waals surface area contributed by atoms with E-state index in [1.54, 1.807) is 6.92 Å². The molecule has 2 aromatic rings. The van der Waals surface area contributed by atoms with E-state index in [0.717, 1.165) is 16.9 Å². The van der Waals surface area contributed by atoms with Gasteiger partial charge in [0.2, 0.25) is 5.89 Å². The van der Waals surface area contributed by atoms with Crippen molar-refractivity contribution in [2.45, 2.75) is 32.9 Å². The average Bonchev–Trinajstić information content (AvgIpc) is 2.87. The highest BCUT2D eigenvalue weighted by molar-refractivity contribution is 5.39. The summed E-state index contributed by atoms with van der Waals surface area (Å²) in [6, 6.07) is 5.72. The number of aromatic nitrogens is 2. The summed E-state index contributed by atoms with van der Waals surface area (Å²) in [4.78, 5) is 0. The highest BCUT2D eigenvalue weighted by Crippen LogP contribution is 2.30. The van der Waals surface area contributed by atoms with Gasteiger partial charge in [-0.1, -0.05) is 25.1 Å². The molecule has 0 spiro atoms. The van der Waals surface area contributed by atoms with Gasteiger partial charge in [0, 0.05) is 0 Å². The van der Waals surface area contributed by atoms with Crippen molar-refractivity contribution in [1.29, 1.82) is 0 Å². The van der Waals surface area contributed by atoms with Gasteiger partial charge in [0.05, 0.1) is 12.5 Å². The van der Waals surface area contributed by atoms with Crippen molar-refractivity contribution in [3.05, 3.63) is 41.1 Å². The van der Waals surface area contributed by atoms with Crippen LogP contribution in [0.4, 0.5) is 13.2 Å². The monoisotopic (exact) mass is 300 g/mol. The molecule has 1 atom stereocenters. The lowest BCUT2D eigenvalue weighted by molar-refractivity contribution is -0.157. The van der Waals surface area contributed by atoms with Crippen molar-refractivity contribution in [3.8, 4) is 5.75 Å². The Labute approximate surface area is 119 Å². The van der Waals surface area contributed by atoms with Crippen molar-refractivity contribution >= 4 is 0 Å². The van der Waals surface area contributed by atoms with Crippen LogP contribution < -0.4 is 4.74 Å². The Morgan fingerprint density at radius 3 is 2.33 bits per heavy atom. The van der Waals surface area contributed by atoms with E-state index in [9.17, 15) is 13.2 Å². The maximum absolute atomic E-state index is 12.4. The van der Waals surface area contributed by atoms with E-state index in [2.05, 4.69) is 14.6 Å². The van der Waals surface area contributed by atoms with Gasteiger partial charge in [-0.15, -0.1) is 10.2 Å². The molecule has 21 heavy (non-hydrogen) atoms. The second-order valence-electron chi connectivity index (χ2n) is 4.88. The summed E-state index contributed by atoms with van der Waals surface area (Å²) in [6.45, 7) is 5.63. The minimum atomic E-state index is -4.63. The van der Waals surface area contributed by atoms with E-state index >= 15 is 0 Å². The van der Waals surface area contributed by atoms with Crippen LogP contribution in [0.15, 0.2) is 22.6 Å². The van der Waals surface area contributed by atoms with Gasteiger partial charge in [-0.05, 0) is 25.0 Å². The highest BCUT2D eigenvalue weighted by Gasteiger charge is 2.38. The SMILES string of the molecule is Cc1cccc(C)c1OCC(C)c1nnc(C(F)(F)F)o1. The second-order valence-corrected chi connectivity index (χ2v) is 4.88. The van der Waals surface area contributed by atoms with Gasteiger partial charge in [-0.25, -0.2) is 0 Å². The molecule has 0 saturated carbocycles. The minimum Gasteiger partial charge on any atom is -0.492 e. The van der Waals surface area contributed by atoms with Crippen LogP contribution in [-0.4, -0.2) is 16.8 Å². The molecule has 4 nitrogen and oxygen atoms in total. The molecule has 0 radical (unpaired) electrons.